The number of anilines is 2. The van der Waals surface area contributed by atoms with Crippen LogP contribution >= 0.6 is 0 Å². The van der Waals surface area contributed by atoms with Crippen LogP contribution in [0.3, 0.4) is 0 Å². The number of para-hydroxylation sites is 2. The number of likely N-dealkylation sites (N-methyl/N-ethyl adjacent to an activating group) is 1. The molecule has 0 fully saturated rings. The Morgan fingerprint density at radius 3 is 2.36 bits per heavy atom. The number of urea groups is 1. The molecule has 0 bridgehead atoms. The van der Waals surface area contributed by atoms with Crippen LogP contribution < -0.4 is 20.9 Å². The summed E-state index contributed by atoms with van der Waals surface area (Å²) in [5.74, 6) is -0.216. The van der Waals surface area contributed by atoms with Crippen molar-refractivity contribution >= 4 is 23.3 Å². The molecule has 0 heterocycles. The number of rotatable bonds is 7. The Labute approximate surface area is 148 Å². The Morgan fingerprint density at radius 2 is 1.64 bits per heavy atom. The standard InChI is InChI=1S/C19H24N4O2/c1-3-20-18(24)13-21-19(25)22-16-11-7-8-12-17(16)23(2)14-15-9-5-4-6-10-15/h4-12H,3,13-14H2,1-2H3,(H,20,24)(H2,21,22,25). The summed E-state index contributed by atoms with van der Waals surface area (Å²) in [6, 6.07) is 17.3. The minimum atomic E-state index is -0.410. The zero-order valence-electron chi connectivity index (χ0n) is 14.6. The predicted octanol–water partition coefficient (Wildman–Crippen LogP) is 2.58. The summed E-state index contributed by atoms with van der Waals surface area (Å²) in [7, 11) is 1.97. The molecule has 25 heavy (non-hydrogen) atoms. The summed E-state index contributed by atoms with van der Waals surface area (Å²) in [5, 5.41) is 7.99. The highest BCUT2D eigenvalue weighted by molar-refractivity contribution is 5.95. The molecule has 2 aromatic carbocycles. The van der Waals surface area contributed by atoms with Crippen LogP contribution in [0, 0.1) is 0 Å². The van der Waals surface area contributed by atoms with Crippen molar-refractivity contribution in [1.82, 2.24) is 10.6 Å². The third-order valence-electron chi connectivity index (χ3n) is 3.61. The molecular weight excluding hydrogens is 316 g/mol. The van der Waals surface area contributed by atoms with Gasteiger partial charge in [-0.2, -0.15) is 0 Å². The van der Waals surface area contributed by atoms with Crippen molar-refractivity contribution in [1.29, 1.82) is 0 Å². The molecule has 2 aromatic rings. The van der Waals surface area contributed by atoms with Crippen LogP contribution in [0.15, 0.2) is 54.6 Å². The van der Waals surface area contributed by atoms with Gasteiger partial charge in [0.15, 0.2) is 0 Å². The number of carbonyl (C=O) groups is 2. The molecule has 0 saturated heterocycles. The number of hydrogen-bond acceptors (Lipinski definition) is 3. The van der Waals surface area contributed by atoms with Gasteiger partial charge in [0, 0.05) is 20.1 Å². The van der Waals surface area contributed by atoms with Gasteiger partial charge in [-0.3, -0.25) is 4.79 Å². The van der Waals surface area contributed by atoms with E-state index in [2.05, 4.69) is 33.0 Å². The summed E-state index contributed by atoms with van der Waals surface area (Å²) < 4.78 is 0. The minimum Gasteiger partial charge on any atom is -0.369 e. The molecule has 0 aliphatic rings. The summed E-state index contributed by atoms with van der Waals surface area (Å²) in [5.41, 5.74) is 2.77. The maximum absolute atomic E-state index is 12.0. The number of nitrogens with zero attached hydrogens (tertiary/aromatic N) is 1. The summed E-state index contributed by atoms with van der Waals surface area (Å²) in [6.07, 6.45) is 0. The fraction of sp³-hybridized carbons (Fsp3) is 0.263. The van der Waals surface area contributed by atoms with Crippen LogP contribution in [-0.2, 0) is 11.3 Å². The highest BCUT2D eigenvalue weighted by Gasteiger charge is 2.11. The van der Waals surface area contributed by atoms with Crippen LogP contribution in [-0.4, -0.2) is 32.1 Å². The first kappa shape index (κ1) is 18.3. The zero-order valence-corrected chi connectivity index (χ0v) is 14.6. The molecule has 0 unspecified atom stereocenters. The van der Waals surface area contributed by atoms with Crippen LogP contribution in [0.1, 0.15) is 12.5 Å². The van der Waals surface area contributed by atoms with Gasteiger partial charge < -0.3 is 20.9 Å². The smallest absolute Gasteiger partial charge is 0.319 e. The third-order valence-corrected chi connectivity index (χ3v) is 3.61. The van der Waals surface area contributed by atoms with Gasteiger partial charge in [-0.1, -0.05) is 42.5 Å². The van der Waals surface area contributed by atoms with Crippen LogP contribution in [0.25, 0.3) is 0 Å². The highest BCUT2D eigenvalue weighted by Crippen LogP contribution is 2.25. The fourth-order valence-electron chi connectivity index (χ4n) is 2.44. The lowest BCUT2D eigenvalue weighted by Gasteiger charge is -2.23. The monoisotopic (exact) mass is 340 g/mol. The van der Waals surface area contributed by atoms with E-state index in [9.17, 15) is 9.59 Å². The van der Waals surface area contributed by atoms with E-state index in [1.54, 1.807) is 0 Å². The van der Waals surface area contributed by atoms with Crippen molar-refractivity contribution < 1.29 is 9.59 Å². The molecule has 0 spiro atoms. The van der Waals surface area contributed by atoms with Gasteiger partial charge >= 0.3 is 6.03 Å². The maximum atomic E-state index is 12.0. The molecule has 0 aromatic heterocycles. The molecule has 6 nitrogen and oxygen atoms in total. The van der Waals surface area contributed by atoms with E-state index >= 15 is 0 Å². The number of benzene rings is 2. The highest BCUT2D eigenvalue weighted by atomic mass is 16.2. The Hall–Kier alpha value is -3.02. The lowest BCUT2D eigenvalue weighted by molar-refractivity contribution is -0.119. The van der Waals surface area contributed by atoms with Gasteiger partial charge in [-0.15, -0.1) is 0 Å². The van der Waals surface area contributed by atoms with Gasteiger partial charge in [0.1, 0.15) is 0 Å². The largest absolute Gasteiger partial charge is 0.369 e. The quantitative estimate of drug-likeness (QED) is 0.725. The van der Waals surface area contributed by atoms with E-state index in [4.69, 9.17) is 0 Å². The van der Waals surface area contributed by atoms with Crippen molar-refractivity contribution in [2.24, 2.45) is 0 Å². The minimum absolute atomic E-state index is 0.0539. The molecule has 2 rings (SSSR count). The number of amides is 3. The molecule has 3 N–H and O–H groups in total. The number of nitrogens with one attached hydrogen (secondary N) is 3. The molecular formula is C19H24N4O2. The SMILES string of the molecule is CCNC(=O)CNC(=O)Nc1ccccc1N(C)Cc1ccccc1. The molecule has 3 amide bonds. The first-order chi connectivity index (χ1) is 12.1. The Bertz CT molecular complexity index is 704. The van der Waals surface area contributed by atoms with Gasteiger partial charge in [-0.05, 0) is 24.6 Å². The molecule has 0 aliphatic heterocycles. The van der Waals surface area contributed by atoms with E-state index in [-0.39, 0.29) is 12.5 Å². The average molecular weight is 340 g/mol. The van der Waals surface area contributed by atoms with Gasteiger partial charge in [-0.25, -0.2) is 4.79 Å². The van der Waals surface area contributed by atoms with E-state index in [1.807, 2.05) is 56.4 Å². The van der Waals surface area contributed by atoms with Crippen molar-refractivity contribution in [3.8, 4) is 0 Å². The topological polar surface area (TPSA) is 73.5 Å². The summed E-state index contributed by atoms with van der Waals surface area (Å²) >= 11 is 0. The van der Waals surface area contributed by atoms with E-state index in [0.29, 0.717) is 12.2 Å². The normalized spacial score (nSPS) is 10.0. The van der Waals surface area contributed by atoms with Crippen molar-refractivity contribution in [2.45, 2.75) is 13.5 Å². The van der Waals surface area contributed by atoms with Crippen molar-refractivity contribution in [3.05, 3.63) is 60.2 Å². The lowest BCUT2D eigenvalue weighted by Crippen LogP contribution is -2.39. The maximum Gasteiger partial charge on any atom is 0.319 e. The molecule has 0 atom stereocenters. The number of carbonyl (C=O) groups excluding carboxylic acids is 2. The Morgan fingerprint density at radius 1 is 0.960 bits per heavy atom. The predicted molar refractivity (Wildman–Crippen MR) is 101 cm³/mol. The van der Waals surface area contributed by atoms with Gasteiger partial charge in [0.05, 0.1) is 17.9 Å². The lowest BCUT2D eigenvalue weighted by atomic mass is 10.2. The molecule has 0 radical (unpaired) electrons. The first-order valence-electron chi connectivity index (χ1n) is 8.25. The second-order valence-corrected chi connectivity index (χ2v) is 5.62. The molecule has 132 valence electrons. The molecule has 0 saturated carbocycles. The third kappa shape index (κ3) is 5.84. The van der Waals surface area contributed by atoms with E-state index < -0.39 is 6.03 Å². The van der Waals surface area contributed by atoms with E-state index in [1.165, 1.54) is 5.56 Å². The van der Waals surface area contributed by atoms with Crippen LogP contribution in [0.5, 0.6) is 0 Å². The van der Waals surface area contributed by atoms with Crippen LogP contribution in [0.4, 0.5) is 16.2 Å². The first-order valence-corrected chi connectivity index (χ1v) is 8.25. The Balaban J connectivity index is 1.99. The molecule has 6 heteroatoms. The van der Waals surface area contributed by atoms with Crippen molar-refractivity contribution in [3.63, 3.8) is 0 Å². The Kier molecular flexibility index (Phi) is 6.83. The molecule has 0 aliphatic carbocycles. The second kappa shape index (κ2) is 9.32. The average Bonchev–Trinajstić information content (AvgIpc) is 2.61. The van der Waals surface area contributed by atoms with E-state index in [0.717, 1.165) is 12.2 Å². The fourth-order valence-corrected chi connectivity index (χ4v) is 2.44. The van der Waals surface area contributed by atoms with Gasteiger partial charge in [0.25, 0.3) is 0 Å². The summed E-state index contributed by atoms with van der Waals surface area (Å²) in [4.78, 5) is 25.5. The van der Waals surface area contributed by atoms with Crippen LogP contribution in [0.2, 0.25) is 0 Å². The second-order valence-electron chi connectivity index (χ2n) is 5.62. The van der Waals surface area contributed by atoms with Crippen molar-refractivity contribution in [2.75, 3.05) is 30.4 Å². The van der Waals surface area contributed by atoms with Gasteiger partial charge in [0.2, 0.25) is 5.91 Å². The zero-order chi connectivity index (χ0) is 18.1. The number of hydrogen-bond donors (Lipinski definition) is 3. The summed E-state index contributed by atoms with van der Waals surface area (Å²) in [6.45, 7) is 3.04.